The van der Waals surface area contributed by atoms with Crippen LogP contribution < -0.4 is 10.8 Å². The summed E-state index contributed by atoms with van der Waals surface area (Å²) in [5.74, 6) is -0.807. The Kier molecular flexibility index (Phi) is 4.95. The number of hydrogen-bond acceptors (Lipinski definition) is 5. The highest BCUT2D eigenvalue weighted by molar-refractivity contribution is 6.33. The number of anilines is 2. The molecule has 8 heteroatoms. The predicted molar refractivity (Wildman–Crippen MR) is 104 cm³/mol. The van der Waals surface area contributed by atoms with Crippen molar-refractivity contribution in [3.05, 3.63) is 51.9 Å². The highest BCUT2D eigenvalue weighted by atomic mass is 35.5. The molecule has 1 fully saturated rings. The summed E-state index contributed by atoms with van der Waals surface area (Å²) in [4.78, 5) is 18.0. The fourth-order valence-corrected chi connectivity index (χ4v) is 3.16. The molecule has 0 spiro atoms. The van der Waals surface area contributed by atoms with Crippen molar-refractivity contribution < 1.29 is 18.5 Å². The minimum Gasteiger partial charge on any atom is -0.353 e. The summed E-state index contributed by atoms with van der Waals surface area (Å²) in [5, 5.41) is 7.54. The molecule has 1 aliphatic carbocycles. The molecule has 1 aliphatic rings. The number of nitrogens with zero attached hydrogens (tertiary/aromatic N) is 1. The van der Waals surface area contributed by atoms with Gasteiger partial charge >= 0.3 is 0 Å². The molecule has 146 valence electrons. The predicted octanol–water partition coefficient (Wildman–Crippen LogP) is 5.05. The second-order valence-electron chi connectivity index (χ2n) is 7.05. The average Bonchev–Trinajstić information content (AvgIpc) is 3.40. The van der Waals surface area contributed by atoms with Crippen molar-refractivity contribution in [2.75, 3.05) is 11.9 Å². The van der Waals surface area contributed by atoms with Crippen molar-refractivity contribution >= 4 is 39.9 Å². The van der Waals surface area contributed by atoms with Crippen molar-refractivity contribution in [2.45, 2.75) is 26.7 Å². The molecule has 0 bridgehead atoms. The molecule has 6 nitrogen and oxygen atoms in total. The normalized spacial score (nSPS) is 13.7. The van der Waals surface area contributed by atoms with Crippen molar-refractivity contribution in [2.24, 2.45) is 5.92 Å². The molecule has 4 rings (SSSR count). The molecule has 0 radical (unpaired) electrons. The summed E-state index contributed by atoms with van der Waals surface area (Å²) in [5.41, 5.74) is 4.30. The van der Waals surface area contributed by atoms with Gasteiger partial charge in [0.25, 0.3) is 5.91 Å². The zero-order valence-corrected chi connectivity index (χ0v) is 16.2. The van der Waals surface area contributed by atoms with Crippen LogP contribution in [0.5, 0.6) is 0 Å². The van der Waals surface area contributed by atoms with Gasteiger partial charge in [0.1, 0.15) is 0 Å². The lowest BCUT2D eigenvalue weighted by Crippen LogP contribution is -2.26. The topological polar surface area (TPSA) is 76.4 Å². The number of carbonyl (C=O) groups is 1. The van der Waals surface area contributed by atoms with E-state index < -0.39 is 11.7 Å². The van der Waals surface area contributed by atoms with E-state index in [2.05, 4.69) is 16.0 Å². The van der Waals surface area contributed by atoms with Gasteiger partial charge in [-0.2, -0.15) is 0 Å². The first-order chi connectivity index (χ1) is 13.4. The number of aromatic nitrogens is 1. The van der Waals surface area contributed by atoms with Gasteiger partial charge in [-0.15, -0.1) is 0 Å². The number of halogens is 2. The molecule has 0 unspecified atom stereocenters. The van der Waals surface area contributed by atoms with Crippen molar-refractivity contribution in [1.82, 2.24) is 10.6 Å². The Balaban J connectivity index is 1.73. The number of rotatable bonds is 6. The van der Waals surface area contributed by atoms with E-state index in [-0.39, 0.29) is 16.8 Å². The van der Waals surface area contributed by atoms with E-state index in [1.165, 1.54) is 6.07 Å². The lowest BCUT2D eigenvalue weighted by Gasteiger charge is -2.15. The van der Waals surface area contributed by atoms with E-state index >= 15 is 4.39 Å². The lowest BCUT2D eigenvalue weighted by molar-refractivity contribution is 0.0271. The van der Waals surface area contributed by atoms with Crippen LogP contribution in [0.2, 0.25) is 5.02 Å². The molecule has 0 atom stereocenters. The number of fused-ring (bicyclic) bond motifs is 1. The van der Waals surface area contributed by atoms with Crippen molar-refractivity contribution in [3.63, 3.8) is 0 Å². The minimum absolute atomic E-state index is 0.0290. The Morgan fingerprint density at radius 1 is 1.36 bits per heavy atom. The van der Waals surface area contributed by atoms with Gasteiger partial charge in [0.2, 0.25) is 5.58 Å². The zero-order valence-electron chi connectivity index (χ0n) is 15.4. The van der Waals surface area contributed by atoms with Gasteiger partial charge in [0, 0.05) is 5.39 Å². The monoisotopic (exact) mass is 403 g/mol. The zero-order chi connectivity index (χ0) is 19.8. The minimum atomic E-state index is -0.720. The maximum absolute atomic E-state index is 15.2. The number of hydrogen-bond donors (Lipinski definition) is 2. The number of hydroxylamine groups is 1. The van der Waals surface area contributed by atoms with Crippen LogP contribution in [0.1, 0.15) is 34.5 Å². The molecule has 1 amide bonds. The van der Waals surface area contributed by atoms with Gasteiger partial charge in [-0.1, -0.05) is 22.8 Å². The van der Waals surface area contributed by atoms with Crippen LogP contribution in [-0.2, 0) is 4.84 Å². The molecule has 0 aliphatic heterocycles. The third kappa shape index (κ3) is 3.68. The van der Waals surface area contributed by atoms with E-state index in [1.54, 1.807) is 19.1 Å². The van der Waals surface area contributed by atoms with Crippen LogP contribution in [0, 0.1) is 25.6 Å². The average molecular weight is 404 g/mol. The van der Waals surface area contributed by atoms with Gasteiger partial charge in [-0.25, -0.2) is 9.87 Å². The number of carbonyl (C=O) groups excluding carboxylic acids is 1. The maximum atomic E-state index is 15.2. The second-order valence-corrected chi connectivity index (χ2v) is 7.46. The van der Waals surface area contributed by atoms with Crippen molar-refractivity contribution in [3.8, 4) is 0 Å². The quantitative estimate of drug-likeness (QED) is 0.563. The van der Waals surface area contributed by atoms with Gasteiger partial charge in [0.15, 0.2) is 5.82 Å². The van der Waals surface area contributed by atoms with Crippen LogP contribution in [0.25, 0.3) is 11.0 Å². The molecule has 2 aromatic carbocycles. The molecular weight excluding hydrogens is 385 g/mol. The Labute approximate surface area is 165 Å². The standard InChI is InChI=1S/C20H19ClFN3O3/c1-10-3-6-16(15(21)7-10)23-18-14(20(26)25-27-9-12-4-5-12)8-13-11(2)24-28-19(13)17(18)22/h3,6-8,12,23H,4-5,9H2,1-2H3,(H,25,26). The lowest BCUT2D eigenvalue weighted by atomic mass is 10.1. The first-order valence-electron chi connectivity index (χ1n) is 8.98. The highest BCUT2D eigenvalue weighted by Crippen LogP contribution is 2.35. The van der Waals surface area contributed by atoms with Crippen LogP contribution in [-0.4, -0.2) is 17.7 Å². The number of amides is 1. The molecular formula is C20H19ClFN3O3. The number of aryl methyl sites for hydroxylation is 2. The Morgan fingerprint density at radius 3 is 2.86 bits per heavy atom. The summed E-state index contributed by atoms with van der Waals surface area (Å²) in [6.07, 6.45) is 2.18. The largest absolute Gasteiger partial charge is 0.353 e. The van der Waals surface area contributed by atoms with Gasteiger partial charge < -0.3 is 9.84 Å². The summed E-state index contributed by atoms with van der Waals surface area (Å²) >= 11 is 6.27. The maximum Gasteiger partial charge on any atom is 0.277 e. The summed E-state index contributed by atoms with van der Waals surface area (Å²) < 4.78 is 20.3. The van der Waals surface area contributed by atoms with E-state index in [0.29, 0.717) is 34.3 Å². The van der Waals surface area contributed by atoms with Crippen LogP contribution in [0.15, 0.2) is 28.8 Å². The Morgan fingerprint density at radius 2 is 2.14 bits per heavy atom. The third-order valence-corrected chi connectivity index (χ3v) is 5.01. The smallest absolute Gasteiger partial charge is 0.277 e. The fraction of sp³-hybridized carbons (Fsp3) is 0.300. The molecule has 2 N–H and O–H groups in total. The Hall–Kier alpha value is -2.64. The molecule has 3 aromatic rings. The van der Waals surface area contributed by atoms with Crippen LogP contribution in [0.4, 0.5) is 15.8 Å². The summed E-state index contributed by atoms with van der Waals surface area (Å²) in [7, 11) is 0. The second kappa shape index (κ2) is 7.41. The van der Waals surface area contributed by atoms with E-state index in [0.717, 1.165) is 18.4 Å². The third-order valence-electron chi connectivity index (χ3n) is 4.69. The fourth-order valence-electron chi connectivity index (χ4n) is 2.88. The number of benzene rings is 2. The van der Waals surface area contributed by atoms with Gasteiger partial charge in [-0.05, 0) is 56.4 Å². The molecule has 1 heterocycles. The van der Waals surface area contributed by atoms with E-state index in [4.69, 9.17) is 21.0 Å². The molecule has 0 saturated heterocycles. The van der Waals surface area contributed by atoms with Crippen LogP contribution in [0.3, 0.4) is 0 Å². The first-order valence-corrected chi connectivity index (χ1v) is 9.35. The Bertz CT molecular complexity index is 1060. The van der Waals surface area contributed by atoms with Crippen molar-refractivity contribution in [1.29, 1.82) is 0 Å². The number of nitrogens with one attached hydrogen (secondary N) is 2. The molecule has 1 aromatic heterocycles. The van der Waals surface area contributed by atoms with Gasteiger partial charge in [-0.3, -0.25) is 9.63 Å². The molecule has 1 saturated carbocycles. The highest BCUT2D eigenvalue weighted by Gasteiger charge is 2.25. The van der Waals surface area contributed by atoms with Crippen LogP contribution >= 0.6 is 11.6 Å². The SMILES string of the molecule is Cc1ccc(Nc2c(C(=O)NOCC3CC3)cc3c(C)noc3c2F)c(Cl)c1. The van der Waals surface area contributed by atoms with Gasteiger partial charge in [0.05, 0.1) is 34.3 Å². The summed E-state index contributed by atoms with van der Waals surface area (Å²) in [6.45, 7) is 4.02. The first kappa shape index (κ1) is 18.7. The van der Waals surface area contributed by atoms with E-state index in [9.17, 15) is 4.79 Å². The summed E-state index contributed by atoms with van der Waals surface area (Å²) in [6, 6.07) is 6.84. The van der Waals surface area contributed by atoms with E-state index in [1.807, 2.05) is 13.0 Å². The molecule has 28 heavy (non-hydrogen) atoms.